The Bertz CT molecular complexity index is 463. The molecule has 0 fully saturated rings. The van der Waals surface area contributed by atoms with Gasteiger partial charge in [-0.2, -0.15) is 18.2 Å². The molecule has 1 aromatic carbocycles. The van der Waals surface area contributed by atoms with Crippen molar-refractivity contribution in [1.82, 2.24) is 0 Å². The van der Waals surface area contributed by atoms with Gasteiger partial charge in [-0.3, -0.25) is 0 Å². The normalized spacial score (nSPS) is 16.8. The molecule has 0 radical (unpaired) electrons. The van der Waals surface area contributed by atoms with Crippen molar-refractivity contribution < 1.29 is 34.1 Å². The summed E-state index contributed by atoms with van der Waals surface area (Å²) in [5.74, 6) is 0. The van der Waals surface area contributed by atoms with Crippen LogP contribution in [0.15, 0.2) is 12.1 Å². The van der Waals surface area contributed by atoms with Gasteiger partial charge in [0.05, 0.1) is 0 Å². The second kappa shape index (κ2) is 5.72. The molecule has 0 aromatic heterocycles. The monoisotopic (exact) mass is 350 g/mol. The molecule has 0 saturated carbocycles. The number of rotatable bonds is 2. The van der Waals surface area contributed by atoms with E-state index in [1.165, 1.54) is 27.0 Å². The van der Waals surface area contributed by atoms with Gasteiger partial charge in [0.25, 0.3) is 0 Å². The van der Waals surface area contributed by atoms with Crippen LogP contribution in [0.1, 0.15) is 39.7 Å². The van der Waals surface area contributed by atoms with Gasteiger partial charge in [0.2, 0.25) is 0 Å². The topological polar surface area (TPSA) is 3.01 Å². The molecule has 1 aliphatic heterocycles. The third kappa shape index (κ3) is 2.51. The molecule has 86 valence electrons. The Morgan fingerprint density at radius 2 is 2.00 bits per heavy atom. The first kappa shape index (κ1) is 15.7. The van der Waals surface area contributed by atoms with Gasteiger partial charge in [-0.25, -0.2) is 4.58 Å². The molecule has 0 bridgehead atoms. The summed E-state index contributed by atoms with van der Waals surface area (Å²) in [4.78, 5) is 0. The fourth-order valence-corrected chi connectivity index (χ4v) is 3.18. The molecule has 1 aliphatic rings. The zero-order chi connectivity index (χ0) is 11.9. The summed E-state index contributed by atoms with van der Waals surface area (Å²) in [6.45, 7) is 10.2. The largest absolute Gasteiger partial charge is 1.00 e. The summed E-state index contributed by atoms with van der Waals surface area (Å²) >= 11 is 2.42. The molecule has 0 aliphatic carbocycles. The van der Waals surface area contributed by atoms with Gasteiger partial charge in [0.15, 0.2) is 5.71 Å². The smallest absolute Gasteiger partial charge is 0.221 e. The molecule has 0 atom stereocenters. The van der Waals surface area contributed by atoms with Crippen LogP contribution in [0.25, 0.3) is 0 Å². The molecule has 0 N–H and O–H groups in total. The molecule has 3 heteroatoms. The Kier molecular flexibility index (Phi) is 5.28. The minimum atomic E-state index is 0. The first-order valence-electron chi connectivity index (χ1n) is 5.81. The van der Waals surface area contributed by atoms with E-state index in [1.807, 2.05) is 0 Å². The van der Waals surface area contributed by atoms with E-state index in [-0.39, 0.29) is 35.0 Å². The first-order chi connectivity index (χ1) is 7.50. The molecule has 1 heterocycles. The van der Waals surface area contributed by atoms with Gasteiger partial charge < -0.3 is 0 Å². The van der Waals surface area contributed by atoms with Crippen LogP contribution in [-0.4, -0.2) is 16.8 Å². The quantitative estimate of drug-likeness (QED) is 0.323. The second-order valence-corrected chi connectivity index (χ2v) is 6.09. The van der Waals surface area contributed by atoms with E-state index in [4.69, 9.17) is 0 Å². The van der Waals surface area contributed by atoms with E-state index in [0.29, 0.717) is 0 Å². The van der Waals surface area contributed by atoms with E-state index in [0.717, 1.165) is 6.54 Å². The predicted octanol–water partition coefficient (Wildman–Crippen LogP) is 0.901. The fourth-order valence-electron chi connectivity index (χ4n) is 2.42. The van der Waals surface area contributed by atoms with Gasteiger partial charge in [0, 0.05) is 18.8 Å². The summed E-state index contributed by atoms with van der Waals surface area (Å²) in [6.07, 6.45) is 1.18. The van der Waals surface area contributed by atoms with Crippen molar-refractivity contribution in [3.8, 4) is 0 Å². The van der Waals surface area contributed by atoms with Crippen LogP contribution in [0.3, 0.4) is 0 Å². The van der Waals surface area contributed by atoms with Crippen molar-refractivity contribution in [3.05, 3.63) is 27.3 Å². The third-order valence-electron chi connectivity index (χ3n) is 3.62. The molecular weight excluding hydrogens is 332 g/mol. The van der Waals surface area contributed by atoms with Crippen LogP contribution in [0.5, 0.6) is 0 Å². The Morgan fingerprint density at radius 3 is 2.59 bits per heavy atom. The Morgan fingerprint density at radius 1 is 1.35 bits per heavy atom. The molecule has 0 unspecified atom stereocenters. The fraction of sp³-hybridized carbons (Fsp3) is 0.500. The number of hydrogen-bond acceptors (Lipinski definition) is 0. The number of hydrogen-bond donors (Lipinski definition) is 0. The van der Waals surface area contributed by atoms with Crippen molar-refractivity contribution in [3.63, 3.8) is 0 Å². The maximum absolute atomic E-state index is 3.25. The van der Waals surface area contributed by atoms with Crippen molar-refractivity contribution in [2.45, 2.75) is 39.5 Å². The Labute approximate surface area is 140 Å². The minimum Gasteiger partial charge on any atom is -0.221 e. The molecular formula is C14H18INNa+. The van der Waals surface area contributed by atoms with Gasteiger partial charge >= 0.3 is 29.6 Å². The van der Waals surface area contributed by atoms with Gasteiger partial charge in [-0.15, -0.1) is 22.6 Å². The standard InChI is InChI=1S/C14H18IN.Na/c1-5-9-16-10(2)14(3,4)11-7-6-8-12(15)13(11)16;/h7-8H,5,9H2,1-4H3;/q;+1. The van der Waals surface area contributed by atoms with Gasteiger partial charge in [-0.1, -0.05) is 26.3 Å². The van der Waals surface area contributed by atoms with E-state index in [9.17, 15) is 0 Å². The maximum atomic E-state index is 3.25. The number of halogens is 1. The van der Waals surface area contributed by atoms with Crippen molar-refractivity contribution >= 4 is 34.0 Å². The van der Waals surface area contributed by atoms with Crippen molar-refractivity contribution in [2.24, 2.45) is 0 Å². The van der Waals surface area contributed by atoms with Crippen LogP contribution < -0.4 is 29.6 Å². The zero-order valence-corrected chi connectivity index (χ0v) is 15.6. The molecule has 17 heavy (non-hydrogen) atoms. The number of fused-ring (bicyclic) bond motifs is 1. The third-order valence-corrected chi connectivity index (χ3v) is 4.44. The number of nitrogens with zero attached hydrogens (tertiary/aromatic N) is 1. The summed E-state index contributed by atoms with van der Waals surface area (Å²) < 4.78 is 3.79. The van der Waals surface area contributed by atoms with Crippen molar-refractivity contribution in [2.75, 3.05) is 6.54 Å². The van der Waals surface area contributed by atoms with Gasteiger partial charge in [0.1, 0.15) is 12.2 Å². The first-order valence-corrected chi connectivity index (χ1v) is 6.89. The molecule has 0 amide bonds. The Balaban J connectivity index is 0.00000144. The van der Waals surface area contributed by atoms with E-state index < -0.39 is 0 Å². The Hall–Kier alpha value is 0.620. The second-order valence-electron chi connectivity index (χ2n) is 4.93. The average Bonchev–Trinajstić information content (AvgIpc) is 2.42. The SMILES string of the molecule is CCC[N+]1=C(C)C(C)(C)c2c[c-]cc(I)c21.[Na+]. The maximum Gasteiger partial charge on any atom is 1.00 e. The molecule has 2 rings (SSSR count). The van der Waals surface area contributed by atoms with Crippen LogP contribution in [0, 0.1) is 9.64 Å². The minimum absolute atomic E-state index is 0. The number of benzene rings is 1. The predicted molar refractivity (Wildman–Crippen MR) is 76.8 cm³/mol. The van der Waals surface area contributed by atoms with Crippen LogP contribution in [0.4, 0.5) is 5.69 Å². The van der Waals surface area contributed by atoms with E-state index >= 15 is 0 Å². The summed E-state index contributed by atoms with van der Waals surface area (Å²) in [5.41, 5.74) is 4.44. The average molecular weight is 350 g/mol. The summed E-state index contributed by atoms with van der Waals surface area (Å²) in [7, 11) is 0. The molecule has 0 saturated heterocycles. The molecule has 0 spiro atoms. The van der Waals surface area contributed by atoms with E-state index in [2.05, 4.69) is 73.1 Å². The van der Waals surface area contributed by atoms with Crippen LogP contribution in [-0.2, 0) is 5.41 Å². The van der Waals surface area contributed by atoms with Crippen LogP contribution in [0.2, 0.25) is 0 Å². The van der Waals surface area contributed by atoms with Crippen LogP contribution >= 0.6 is 22.6 Å². The zero-order valence-electron chi connectivity index (χ0n) is 11.4. The van der Waals surface area contributed by atoms with E-state index in [1.54, 1.807) is 0 Å². The molecule has 1 nitrogen and oxygen atoms in total. The summed E-state index contributed by atoms with van der Waals surface area (Å²) in [5, 5.41) is 0. The van der Waals surface area contributed by atoms with Crippen molar-refractivity contribution in [1.29, 1.82) is 0 Å². The van der Waals surface area contributed by atoms with Gasteiger partial charge in [-0.05, 0) is 3.57 Å². The molecule has 1 aromatic rings. The summed E-state index contributed by atoms with van der Waals surface area (Å²) in [6, 6.07) is 7.48.